The van der Waals surface area contributed by atoms with Crippen LogP contribution in [0.5, 0.6) is 11.5 Å². The summed E-state index contributed by atoms with van der Waals surface area (Å²) in [5.74, 6) is 0.977. The molecule has 3 aromatic rings. The summed E-state index contributed by atoms with van der Waals surface area (Å²) in [6.45, 7) is 1.84. The van der Waals surface area contributed by atoms with E-state index in [-0.39, 0.29) is 12.5 Å². The van der Waals surface area contributed by atoms with E-state index in [1.807, 2.05) is 55.5 Å². The second-order valence-electron chi connectivity index (χ2n) is 5.90. The van der Waals surface area contributed by atoms with Gasteiger partial charge in [0.25, 0.3) is 5.91 Å². The molecule has 0 aromatic heterocycles. The lowest BCUT2D eigenvalue weighted by atomic mass is 10.0. The number of aryl methyl sites for hydroxylation is 1. The highest BCUT2D eigenvalue weighted by Crippen LogP contribution is 2.26. The average molecular weight is 427 g/mol. The number of nitrogens with zero attached hydrogens (tertiary/aromatic N) is 1. The number of hydrogen-bond acceptors (Lipinski definition) is 4. The van der Waals surface area contributed by atoms with E-state index >= 15 is 0 Å². The maximum atomic E-state index is 12.0. The zero-order chi connectivity index (χ0) is 19.2. The number of ether oxygens (including phenoxy) is 2. The van der Waals surface area contributed by atoms with Gasteiger partial charge < -0.3 is 9.47 Å². The molecule has 0 aliphatic heterocycles. The van der Waals surface area contributed by atoms with E-state index in [9.17, 15) is 4.79 Å². The Morgan fingerprint density at radius 2 is 2.00 bits per heavy atom. The number of amides is 1. The average Bonchev–Trinajstić information content (AvgIpc) is 2.69. The zero-order valence-corrected chi connectivity index (χ0v) is 16.6. The van der Waals surface area contributed by atoms with Crippen LogP contribution in [0.4, 0.5) is 0 Å². The molecule has 138 valence electrons. The Bertz CT molecular complexity index is 1000. The largest absolute Gasteiger partial charge is 0.496 e. The van der Waals surface area contributed by atoms with E-state index in [4.69, 9.17) is 9.47 Å². The number of hydrazone groups is 1. The topological polar surface area (TPSA) is 59.9 Å². The molecule has 3 rings (SSSR count). The van der Waals surface area contributed by atoms with Gasteiger partial charge in [0.1, 0.15) is 11.5 Å². The van der Waals surface area contributed by atoms with Gasteiger partial charge in [0.05, 0.1) is 13.3 Å². The molecule has 1 N–H and O–H groups in total. The third-order valence-corrected chi connectivity index (χ3v) is 4.92. The minimum Gasteiger partial charge on any atom is -0.496 e. The molecule has 27 heavy (non-hydrogen) atoms. The van der Waals surface area contributed by atoms with Gasteiger partial charge in [-0.05, 0) is 47.5 Å². The van der Waals surface area contributed by atoms with Crippen molar-refractivity contribution in [2.45, 2.75) is 6.92 Å². The van der Waals surface area contributed by atoms with Crippen LogP contribution < -0.4 is 14.9 Å². The number of nitrogens with one attached hydrogen (secondary N) is 1. The third-order valence-electron chi connectivity index (χ3n) is 4.03. The van der Waals surface area contributed by atoms with Gasteiger partial charge in [-0.2, -0.15) is 5.10 Å². The van der Waals surface area contributed by atoms with Crippen LogP contribution in [-0.4, -0.2) is 25.8 Å². The van der Waals surface area contributed by atoms with Gasteiger partial charge in [0, 0.05) is 10.0 Å². The molecule has 0 saturated heterocycles. The molecule has 0 saturated carbocycles. The van der Waals surface area contributed by atoms with Gasteiger partial charge in [-0.15, -0.1) is 0 Å². The SMILES string of the molecule is COc1ccc2ccccc2c1C=NNC(=O)COc1ccc(Br)c(C)c1. The van der Waals surface area contributed by atoms with Crippen molar-refractivity contribution in [1.82, 2.24) is 5.43 Å². The van der Waals surface area contributed by atoms with Crippen molar-refractivity contribution >= 4 is 38.8 Å². The van der Waals surface area contributed by atoms with Gasteiger partial charge in [-0.1, -0.05) is 46.3 Å². The highest BCUT2D eigenvalue weighted by atomic mass is 79.9. The normalized spacial score (nSPS) is 10.9. The van der Waals surface area contributed by atoms with Gasteiger partial charge in [0.2, 0.25) is 0 Å². The van der Waals surface area contributed by atoms with Crippen LogP contribution in [0.3, 0.4) is 0 Å². The first-order valence-electron chi connectivity index (χ1n) is 8.35. The van der Waals surface area contributed by atoms with Gasteiger partial charge in [-0.3, -0.25) is 4.79 Å². The van der Waals surface area contributed by atoms with Crippen LogP contribution in [-0.2, 0) is 4.79 Å². The number of halogens is 1. The molecule has 0 spiro atoms. The molecule has 0 bridgehead atoms. The number of carbonyl (C=O) groups excluding carboxylic acids is 1. The smallest absolute Gasteiger partial charge is 0.277 e. The molecule has 3 aromatic carbocycles. The Hall–Kier alpha value is -2.86. The molecule has 0 heterocycles. The Morgan fingerprint density at radius 3 is 2.78 bits per heavy atom. The van der Waals surface area contributed by atoms with Crippen LogP contribution in [0, 0.1) is 6.92 Å². The van der Waals surface area contributed by atoms with Crippen molar-refractivity contribution < 1.29 is 14.3 Å². The predicted octanol–water partition coefficient (Wildman–Crippen LogP) is 4.45. The molecule has 1 amide bonds. The Kier molecular flexibility index (Phi) is 6.08. The molecular formula is C21H19BrN2O3. The number of methoxy groups -OCH3 is 1. The molecule has 0 aliphatic rings. The molecular weight excluding hydrogens is 408 g/mol. The van der Waals surface area contributed by atoms with Crippen LogP contribution >= 0.6 is 15.9 Å². The zero-order valence-electron chi connectivity index (χ0n) is 15.0. The predicted molar refractivity (Wildman–Crippen MR) is 111 cm³/mol. The second-order valence-corrected chi connectivity index (χ2v) is 6.75. The number of carbonyl (C=O) groups is 1. The first-order chi connectivity index (χ1) is 13.1. The first-order valence-corrected chi connectivity index (χ1v) is 9.14. The van der Waals surface area contributed by atoms with E-state index < -0.39 is 0 Å². The minimum absolute atomic E-state index is 0.120. The van der Waals surface area contributed by atoms with Crippen molar-refractivity contribution in [3.05, 3.63) is 70.2 Å². The lowest BCUT2D eigenvalue weighted by molar-refractivity contribution is -0.123. The Balaban J connectivity index is 1.65. The fourth-order valence-corrected chi connectivity index (χ4v) is 2.89. The maximum absolute atomic E-state index is 12.0. The summed E-state index contributed by atoms with van der Waals surface area (Å²) in [6, 6.07) is 17.3. The summed E-state index contributed by atoms with van der Waals surface area (Å²) in [6.07, 6.45) is 1.59. The van der Waals surface area contributed by atoms with Crippen molar-refractivity contribution in [3.63, 3.8) is 0 Å². The minimum atomic E-state index is -0.342. The Morgan fingerprint density at radius 1 is 1.19 bits per heavy atom. The highest BCUT2D eigenvalue weighted by molar-refractivity contribution is 9.10. The van der Waals surface area contributed by atoms with Crippen molar-refractivity contribution in [3.8, 4) is 11.5 Å². The molecule has 0 aliphatic carbocycles. The van der Waals surface area contributed by atoms with E-state index in [2.05, 4.69) is 26.5 Å². The van der Waals surface area contributed by atoms with E-state index in [0.29, 0.717) is 11.5 Å². The number of hydrogen-bond donors (Lipinski definition) is 1. The van der Waals surface area contributed by atoms with Crippen molar-refractivity contribution in [2.24, 2.45) is 5.10 Å². The summed E-state index contributed by atoms with van der Waals surface area (Å²) >= 11 is 3.43. The lowest BCUT2D eigenvalue weighted by Gasteiger charge is -2.09. The molecule has 0 fully saturated rings. The monoisotopic (exact) mass is 426 g/mol. The van der Waals surface area contributed by atoms with Crippen LogP contribution in [0.25, 0.3) is 10.8 Å². The summed E-state index contributed by atoms with van der Waals surface area (Å²) in [7, 11) is 1.61. The fourth-order valence-electron chi connectivity index (χ4n) is 2.64. The standard InChI is InChI=1S/C21H19BrN2O3/c1-14-11-16(8-9-19(14)22)27-13-21(25)24-23-12-18-17-6-4-3-5-15(17)7-10-20(18)26-2/h3-12H,13H2,1-2H3,(H,24,25). The second kappa shape index (κ2) is 8.68. The summed E-state index contributed by atoms with van der Waals surface area (Å²) < 4.78 is 11.9. The summed E-state index contributed by atoms with van der Waals surface area (Å²) in [5, 5.41) is 6.12. The summed E-state index contributed by atoms with van der Waals surface area (Å²) in [4.78, 5) is 12.0. The fraction of sp³-hybridized carbons (Fsp3) is 0.143. The quantitative estimate of drug-likeness (QED) is 0.467. The van der Waals surface area contributed by atoms with Gasteiger partial charge >= 0.3 is 0 Å². The van der Waals surface area contributed by atoms with Crippen molar-refractivity contribution in [1.29, 1.82) is 0 Å². The lowest BCUT2D eigenvalue weighted by Crippen LogP contribution is -2.24. The van der Waals surface area contributed by atoms with E-state index in [1.54, 1.807) is 19.4 Å². The summed E-state index contributed by atoms with van der Waals surface area (Å²) in [5.41, 5.74) is 4.33. The van der Waals surface area contributed by atoms with Gasteiger partial charge in [-0.25, -0.2) is 5.43 Å². The Labute approximate surface area is 166 Å². The number of rotatable bonds is 6. The molecule has 0 atom stereocenters. The number of fused-ring (bicyclic) bond motifs is 1. The maximum Gasteiger partial charge on any atom is 0.277 e. The highest BCUT2D eigenvalue weighted by Gasteiger charge is 2.07. The van der Waals surface area contributed by atoms with Crippen LogP contribution in [0.2, 0.25) is 0 Å². The third kappa shape index (κ3) is 4.65. The van der Waals surface area contributed by atoms with E-state index in [1.165, 1.54) is 0 Å². The van der Waals surface area contributed by atoms with Crippen molar-refractivity contribution in [2.75, 3.05) is 13.7 Å². The molecule has 5 nitrogen and oxygen atoms in total. The van der Waals surface area contributed by atoms with Crippen LogP contribution in [0.1, 0.15) is 11.1 Å². The number of benzene rings is 3. The first kappa shape index (κ1) is 18.9. The molecule has 0 radical (unpaired) electrons. The van der Waals surface area contributed by atoms with Gasteiger partial charge in [0.15, 0.2) is 6.61 Å². The van der Waals surface area contributed by atoms with E-state index in [0.717, 1.165) is 26.4 Å². The molecule has 6 heteroatoms. The van der Waals surface area contributed by atoms with Crippen LogP contribution in [0.15, 0.2) is 64.2 Å². The molecule has 0 unspecified atom stereocenters.